The average molecular weight is 517 g/mol. The van der Waals surface area contributed by atoms with Gasteiger partial charge in [0, 0.05) is 50.9 Å². The van der Waals surface area contributed by atoms with E-state index < -0.39 is 6.67 Å². The first-order valence-corrected chi connectivity index (χ1v) is 11.9. The van der Waals surface area contributed by atoms with Crippen molar-refractivity contribution in [3.8, 4) is 29.0 Å². The predicted octanol–water partition coefficient (Wildman–Crippen LogP) is 2.41. The minimum atomic E-state index is -0.564. The van der Waals surface area contributed by atoms with E-state index in [1.165, 1.54) is 6.39 Å². The lowest BCUT2D eigenvalue weighted by Crippen LogP contribution is -2.56. The zero-order valence-electron chi connectivity index (χ0n) is 20.7. The van der Waals surface area contributed by atoms with Crippen LogP contribution < -0.4 is 14.5 Å². The number of pyridine rings is 1. The van der Waals surface area contributed by atoms with Crippen LogP contribution in [0.4, 0.5) is 16.3 Å². The molecule has 0 radical (unpaired) electrons. The van der Waals surface area contributed by atoms with Crippen molar-refractivity contribution in [2.45, 2.75) is 6.04 Å². The lowest BCUT2D eigenvalue weighted by molar-refractivity contribution is 0.173. The molecule has 0 aromatic carbocycles. The van der Waals surface area contributed by atoms with E-state index in [0.29, 0.717) is 60.9 Å². The first-order valence-electron chi connectivity index (χ1n) is 11.9. The van der Waals surface area contributed by atoms with Gasteiger partial charge in [-0.1, -0.05) is 11.8 Å². The minimum Gasteiger partial charge on any atom is -0.488 e. The summed E-state index contributed by atoms with van der Waals surface area (Å²) in [5, 5.41) is 0. The quantitative estimate of drug-likeness (QED) is 0.322. The number of oxazole rings is 1. The molecule has 0 N–H and O–H groups in total. The molecule has 11 nitrogen and oxygen atoms in total. The number of rotatable bonds is 8. The van der Waals surface area contributed by atoms with E-state index in [9.17, 15) is 4.39 Å². The second kappa shape index (κ2) is 12.1. The van der Waals surface area contributed by atoms with Crippen molar-refractivity contribution in [3.05, 3.63) is 66.8 Å². The van der Waals surface area contributed by atoms with Gasteiger partial charge < -0.3 is 23.7 Å². The maximum atomic E-state index is 12.3. The summed E-state index contributed by atoms with van der Waals surface area (Å²) in [6, 6.07) is 3.69. The number of methoxy groups -OCH3 is 1. The Morgan fingerprint density at radius 2 is 1.71 bits per heavy atom. The van der Waals surface area contributed by atoms with Crippen LogP contribution in [0.5, 0.6) is 5.75 Å². The molecule has 1 aliphatic heterocycles. The van der Waals surface area contributed by atoms with Gasteiger partial charge in [-0.15, -0.1) is 0 Å². The highest BCUT2D eigenvalue weighted by Crippen LogP contribution is 2.21. The Morgan fingerprint density at radius 3 is 2.39 bits per heavy atom. The van der Waals surface area contributed by atoms with Crippen molar-refractivity contribution in [1.29, 1.82) is 0 Å². The standard InChI is InChI=1S/C26H25FN8O3/c1-36-17-21-16-34(7-8-35(21)26-32-13-22(14-33-26)37-9-6-27)25-30-11-20(12-31-25)3-2-19-4-5-23(29-10-19)24-15-28-18-38-24/h4-5,10-15,18,21H,6-9,16-17H2,1H3/t21-/m1/s1. The van der Waals surface area contributed by atoms with Crippen LogP contribution in [-0.4, -0.2) is 82.6 Å². The third-order valence-electron chi connectivity index (χ3n) is 5.78. The highest BCUT2D eigenvalue weighted by molar-refractivity contribution is 5.52. The Labute approximate surface area is 218 Å². The predicted molar refractivity (Wildman–Crippen MR) is 136 cm³/mol. The Balaban J connectivity index is 1.22. The van der Waals surface area contributed by atoms with Crippen molar-refractivity contribution in [3.63, 3.8) is 0 Å². The molecule has 0 aliphatic carbocycles. The van der Waals surface area contributed by atoms with E-state index in [4.69, 9.17) is 13.9 Å². The number of hydrogen-bond donors (Lipinski definition) is 0. The van der Waals surface area contributed by atoms with Gasteiger partial charge in [0.05, 0.1) is 36.8 Å². The number of nitrogens with zero attached hydrogens (tertiary/aromatic N) is 8. The van der Waals surface area contributed by atoms with E-state index in [0.717, 1.165) is 5.56 Å². The number of alkyl halides is 1. The van der Waals surface area contributed by atoms with Gasteiger partial charge >= 0.3 is 0 Å². The van der Waals surface area contributed by atoms with Crippen LogP contribution in [0, 0.1) is 11.8 Å². The lowest BCUT2D eigenvalue weighted by atomic mass is 10.2. The molecule has 0 spiro atoms. The molecular formula is C26H25FN8O3. The molecule has 38 heavy (non-hydrogen) atoms. The number of anilines is 2. The second-order valence-corrected chi connectivity index (χ2v) is 8.32. The van der Waals surface area contributed by atoms with Gasteiger partial charge in [-0.25, -0.2) is 29.3 Å². The maximum absolute atomic E-state index is 12.3. The van der Waals surface area contributed by atoms with Gasteiger partial charge in [0.15, 0.2) is 17.9 Å². The number of halogens is 1. The summed E-state index contributed by atoms with van der Waals surface area (Å²) in [5.74, 6) is 8.37. The Bertz CT molecular complexity index is 1360. The summed E-state index contributed by atoms with van der Waals surface area (Å²) in [5.41, 5.74) is 2.16. The summed E-state index contributed by atoms with van der Waals surface area (Å²) in [6.45, 7) is 1.86. The summed E-state index contributed by atoms with van der Waals surface area (Å²) in [4.78, 5) is 30.3. The molecule has 5 heterocycles. The maximum Gasteiger partial charge on any atom is 0.225 e. The Kier molecular flexibility index (Phi) is 7.95. The number of hydrogen-bond acceptors (Lipinski definition) is 11. The van der Waals surface area contributed by atoms with Crippen LogP contribution in [0.2, 0.25) is 0 Å². The van der Waals surface area contributed by atoms with E-state index in [1.54, 1.807) is 44.3 Å². The number of ether oxygens (including phenoxy) is 2. The fourth-order valence-electron chi connectivity index (χ4n) is 3.97. The molecule has 0 unspecified atom stereocenters. The molecule has 4 aromatic heterocycles. The second-order valence-electron chi connectivity index (χ2n) is 8.32. The smallest absolute Gasteiger partial charge is 0.225 e. The molecule has 0 bridgehead atoms. The molecule has 194 valence electrons. The first-order chi connectivity index (χ1) is 18.7. The van der Waals surface area contributed by atoms with Gasteiger partial charge in [0.25, 0.3) is 0 Å². The highest BCUT2D eigenvalue weighted by Gasteiger charge is 2.30. The Hall–Kier alpha value is -4.63. The molecule has 5 rings (SSSR count). The van der Waals surface area contributed by atoms with Crippen molar-refractivity contribution < 1.29 is 18.3 Å². The monoisotopic (exact) mass is 516 g/mol. The average Bonchev–Trinajstić information content (AvgIpc) is 3.51. The van der Waals surface area contributed by atoms with Gasteiger partial charge in [-0.2, -0.15) is 0 Å². The van der Waals surface area contributed by atoms with E-state index >= 15 is 0 Å². The molecule has 1 fully saturated rings. The fraction of sp³-hybridized carbons (Fsp3) is 0.308. The summed E-state index contributed by atoms with van der Waals surface area (Å²) >= 11 is 0. The van der Waals surface area contributed by atoms with Crippen LogP contribution in [0.3, 0.4) is 0 Å². The van der Waals surface area contributed by atoms with Gasteiger partial charge in [0.1, 0.15) is 19.0 Å². The largest absolute Gasteiger partial charge is 0.488 e. The molecule has 0 saturated carbocycles. The van der Waals surface area contributed by atoms with Gasteiger partial charge in [-0.05, 0) is 12.1 Å². The van der Waals surface area contributed by atoms with Gasteiger partial charge in [-0.3, -0.25) is 4.98 Å². The van der Waals surface area contributed by atoms with E-state index in [-0.39, 0.29) is 12.6 Å². The Morgan fingerprint density at radius 1 is 0.947 bits per heavy atom. The van der Waals surface area contributed by atoms with Crippen LogP contribution in [0.15, 0.2) is 60.1 Å². The van der Waals surface area contributed by atoms with Crippen molar-refractivity contribution in [2.24, 2.45) is 0 Å². The van der Waals surface area contributed by atoms with Crippen LogP contribution in [0.1, 0.15) is 11.1 Å². The SMILES string of the molecule is COC[C@H]1CN(c2ncc(C#Cc3ccc(-c4cnco4)nc3)cn2)CCN1c1ncc(OCCF)cn1. The topological polar surface area (TPSA) is 115 Å². The number of aromatic nitrogens is 6. The number of piperazine rings is 1. The van der Waals surface area contributed by atoms with Crippen molar-refractivity contribution in [1.82, 2.24) is 29.9 Å². The summed E-state index contributed by atoms with van der Waals surface area (Å²) < 4.78 is 28.3. The van der Waals surface area contributed by atoms with E-state index in [1.807, 2.05) is 12.1 Å². The van der Waals surface area contributed by atoms with Crippen LogP contribution in [0.25, 0.3) is 11.5 Å². The molecule has 4 aromatic rings. The zero-order chi connectivity index (χ0) is 26.2. The third kappa shape index (κ3) is 6.01. The highest BCUT2D eigenvalue weighted by atomic mass is 19.1. The molecule has 1 atom stereocenters. The summed E-state index contributed by atoms with van der Waals surface area (Å²) in [6.07, 6.45) is 11.2. The molecule has 0 amide bonds. The fourth-order valence-corrected chi connectivity index (χ4v) is 3.97. The molecular weight excluding hydrogens is 491 g/mol. The van der Waals surface area contributed by atoms with Crippen LogP contribution in [-0.2, 0) is 4.74 Å². The van der Waals surface area contributed by atoms with Crippen LogP contribution >= 0.6 is 0 Å². The van der Waals surface area contributed by atoms with E-state index in [2.05, 4.69) is 51.5 Å². The molecule has 1 aliphatic rings. The lowest BCUT2D eigenvalue weighted by Gasteiger charge is -2.41. The third-order valence-corrected chi connectivity index (χ3v) is 5.78. The molecule has 12 heteroatoms. The van der Waals surface area contributed by atoms with Crippen molar-refractivity contribution in [2.75, 3.05) is 56.4 Å². The minimum absolute atomic E-state index is 0.0122. The normalized spacial score (nSPS) is 15.2. The van der Waals surface area contributed by atoms with Gasteiger partial charge in [0.2, 0.25) is 11.9 Å². The van der Waals surface area contributed by atoms with Crippen molar-refractivity contribution >= 4 is 11.9 Å². The first kappa shape index (κ1) is 25.0. The zero-order valence-corrected chi connectivity index (χ0v) is 20.7. The summed E-state index contributed by atoms with van der Waals surface area (Å²) in [7, 11) is 1.66. The molecule has 1 saturated heterocycles.